The Hall–Kier alpha value is -1.07. The number of hydrogen-bond acceptors (Lipinski definition) is 5. The number of nitrogens with zero attached hydrogens (tertiary/aromatic N) is 3. The van der Waals surface area contributed by atoms with E-state index in [1.807, 2.05) is 11.9 Å². The molecular weight excluding hydrogens is 240 g/mol. The molecule has 1 aliphatic rings. The molecule has 0 spiro atoms. The molecule has 1 atom stereocenters. The molecule has 1 saturated heterocycles. The van der Waals surface area contributed by atoms with Gasteiger partial charge in [0.25, 0.3) is 0 Å². The van der Waals surface area contributed by atoms with Gasteiger partial charge in [0, 0.05) is 19.6 Å². The number of hydrogen-bond donors (Lipinski definition) is 1. The van der Waals surface area contributed by atoms with Crippen molar-refractivity contribution in [2.45, 2.75) is 18.9 Å². The summed E-state index contributed by atoms with van der Waals surface area (Å²) in [6.07, 6.45) is 4.00. The zero-order chi connectivity index (χ0) is 12.3. The first-order valence-corrected chi connectivity index (χ1v) is 6.09. The Balaban J connectivity index is 2.08. The summed E-state index contributed by atoms with van der Waals surface area (Å²) in [5.74, 6) is 0.715. The lowest BCUT2D eigenvalue weighted by atomic mass is 10.2. The van der Waals surface area contributed by atoms with Gasteiger partial charge in [0.2, 0.25) is 0 Å². The van der Waals surface area contributed by atoms with Gasteiger partial charge in [-0.3, -0.25) is 0 Å². The van der Waals surface area contributed by atoms with Gasteiger partial charge in [-0.05, 0) is 19.4 Å². The van der Waals surface area contributed by atoms with E-state index in [1.165, 1.54) is 12.8 Å². The fourth-order valence-corrected chi connectivity index (χ4v) is 2.27. The minimum absolute atomic E-state index is 0.343. The SMILES string of the molecule is COc1ncc(Cl)c(N(C)CC2CCCN2)n1. The van der Waals surface area contributed by atoms with Crippen LogP contribution in [0, 0.1) is 0 Å². The predicted molar refractivity (Wildman–Crippen MR) is 67.9 cm³/mol. The molecule has 1 N–H and O–H groups in total. The van der Waals surface area contributed by atoms with Gasteiger partial charge in [-0.2, -0.15) is 4.98 Å². The van der Waals surface area contributed by atoms with Crippen molar-refractivity contribution >= 4 is 17.4 Å². The summed E-state index contributed by atoms with van der Waals surface area (Å²) in [5.41, 5.74) is 0. The number of aromatic nitrogens is 2. The van der Waals surface area contributed by atoms with Crippen molar-refractivity contribution in [3.63, 3.8) is 0 Å². The quantitative estimate of drug-likeness (QED) is 0.881. The van der Waals surface area contributed by atoms with Crippen LogP contribution >= 0.6 is 11.6 Å². The van der Waals surface area contributed by atoms with Gasteiger partial charge >= 0.3 is 6.01 Å². The Morgan fingerprint density at radius 1 is 1.65 bits per heavy atom. The van der Waals surface area contributed by atoms with Crippen molar-refractivity contribution in [3.8, 4) is 6.01 Å². The van der Waals surface area contributed by atoms with Crippen LogP contribution in [0.4, 0.5) is 5.82 Å². The Morgan fingerprint density at radius 2 is 2.47 bits per heavy atom. The Bertz CT molecular complexity index is 382. The van der Waals surface area contributed by atoms with Crippen LogP contribution in [-0.2, 0) is 0 Å². The Labute approximate surface area is 106 Å². The largest absolute Gasteiger partial charge is 0.467 e. The molecule has 0 bridgehead atoms. The van der Waals surface area contributed by atoms with Gasteiger partial charge in [0.1, 0.15) is 5.02 Å². The molecule has 1 fully saturated rings. The number of anilines is 1. The van der Waals surface area contributed by atoms with Crippen LogP contribution < -0.4 is 15.0 Å². The van der Waals surface area contributed by atoms with E-state index in [0.29, 0.717) is 22.9 Å². The van der Waals surface area contributed by atoms with Crippen LogP contribution in [-0.4, -0.2) is 43.3 Å². The van der Waals surface area contributed by atoms with Gasteiger partial charge in [0.15, 0.2) is 5.82 Å². The molecule has 6 heteroatoms. The molecule has 2 heterocycles. The summed E-state index contributed by atoms with van der Waals surface area (Å²) in [5, 5.41) is 3.99. The van der Waals surface area contributed by atoms with E-state index < -0.39 is 0 Å². The molecule has 0 saturated carbocycles. The molecule has 1 aromatic heterocycles. The second-order valence-electron chi connectivity index (χ2n) is 4.20. The fraction of sp³-hybridized carbons (Fsp3) is 0.636. The van der Waals surface area contributed by atoms with Gasteiger partial charge in [-0.1, -0.05) is 11.6 Å². The highest BCUT2D eigenvalue weighted by atomic mass is 35.5. The summed E-state index contributed by atoms with van der Waals surface area (Å²) < 4.78 is 5.01. The van der Waals surface area contributed by atoms with Crippen LogP contribution in [0.1, 0.15) is 12.8 Å². The lowest BCUT2D eigenvalue weighted by Gasteiger charge is -2.23. The monoisotopic (exact) mass is 256 g/mol. The normalized spacial score (nSPS) is 19.4. The summed E-state index contributed by atoms with van der Waals surface area (Å²) in [6.45, 7) is 1.99. The second-order valence-corrected chi connectivity index (χ2v) is 4.61. The van der Waals surface area contributed by atoms with Gasteiger partial charge in [-0.15, -0.1) is 0 Å². The van der Waals surface area contributed by atoms with E-state index in [1.54, 1.807) is 13.3 Å². The average Bonchev–Trinajstić information content (AvgIpc) is 2.82. The van der Waals surface area contributed by atoms with Crippen molar-refractivity contribution in [1.82, 2.24) is 15.3 Å². The highest BCUT2D eigenvalue weighted by Gasteiger charge is 2.18. The average molecular weight is 257 g/mol. The number of halogens is 1. The zero-order valence-corrected chi connectivity index (χ0v) is 10.9. The lowest BCUT2D eigenvalue weighted by molar-refractivity contribution is 0.379. The maximum absolute atomic E-state index is 6.09. The number of methoxy groups -OCH3 is 1. The van der Waals surface area contributed by atoms with Crippen LogP contribution in [0.15, 0.2) is 6.20 Å². The first-order valence-electron chi connectivity index (χ1n) is 5.71. The molecular formula is C11H17ClN4O. The number of ether oxygens (including phenoxy) is 1. The standard InChI is InChI=1S/C11H17ClN4O/c1-16(7-8-4-3-5-13-8)10-9(12)6-14-11(15-10)17-2/h6,8,13H,3-5,7H2,1-2H3. The maximum Gasteiger partial charge on any atom is 0.318 e. The predicted octanol–water partition coefficient (Wildman–Crippen LogP) is 1.33. The van der Waals surface area contributed by atoms with Crippen molar-refractivity contribution < 1.29 is 4.74 Å². The summed E-state index contributed by atoms with van der Waals surface area (Å²) >= 11 is 6.09. The molecule has 5 nitrogen and oxygen atoms in total. The van der Waals surface area contributed by atoms with E-state index in [4.69, 9.17) is 16.3 Å². The van der Waals surface area contributed by atoms with Crippen molar-refractivity contribution in [3.05, 3.63) is 11.2 Å². The highest BCUT2D eigenvalue weighted by molar-refractivity contribution is 6.32. The third kappa shape index (κ3) is 2.98. The van der Waals surface area contributed by atoms with Gasteiger partial charge in [0.05, 0.1) is 13.3 Å². The number of nitrogens with one attached hydrogen (secondary N) is 1. The molecule has 1 unspecified atom stereocenters. The summed E-state index contributed by atoms with van der Waals surface area (Å²) in [7, 11) is 3.53. The number of likely N-dealkylation sites (N-methyl/N-ethyl adjacent to an activating group) is 1. The van der Waals surface area contributed by atoms with E-state index in [-0.39, 0.29) is 0 Å². The van der Waals surface area contributed by atoms with Crippen LogP contribution in [0.3, 0.4) is 0 Å². The molecule has 17 heavy (non-hydrogen) atoms. The molecule has 94 valence electrons. The maximum atomic E-state index is 6.09. The van der Waals surface area contributed by atoms with Crippen molar-refractivity contribution in [2.24, 2.45) is 0 Å². The molecule has 0 radical (unpaired) electrons. The molecule has 1 aromatic rings. The second kappa shape index (κ2) is 5.51. The highest BCUT2D eigenvalue weighted by Crippen LogP contribution is 2.24. The zero-order valence-electron chi connectivity index (χ0n) is 10.1. The Kier molecular flexibility index (Phi) is 4.02. The van der Waals surface area contributed by atoms with Gasteiger partial charge in [-0.25, -0.2) is 4.98 Å². The summed E-state index contributed by atoms with van der Waals surface area (Å²) in [6, 6.07) is 0.854. The minimum Gasteiger partial charge on any atom is -0.467 e. The molecule has 0 amide bonds. The molecule has 2 rings (SSSR count). The van der Waals surface area contributed by atoms with Crippen molar-refractivity contribution in [2.75, 3.05) is 32.1 Å². The molecule has 1 aliphatic heterocycles. The molecule has 0 aliphatic carbocycles. The third-order valence-corrected chi connectivity index (χ3v) is 3.17. The van der Waals surface area contributed by atoms with E-state index in [2.05, 4.69) is 15.3 Å². The van der Waals surface area contributed by atoms with Crippen LogP contribution in [0.5, 0.6) is 6.01 Å². The third-order valence-electron chi connectivity index (χ3n) is 2.90. The fourth-order valence-electron chi connectivity index (χ4n) is 2.04. The minimum atomic E-state index is 0.343. The topological polar surface area (TPSA) is 50.3 Å². The lowest BCUT2D eigenvalue weighted by Crippen LogP contribution is -2.35. The Morgan fingerprint density at radius 3 is 3.12 bits per heavy atom. The molecule has 0 aromatic carbocycles. The van der Waals surface area contributed by atoms with Crippen LogP contribution in [0.25, 0.3) is 0 Å². The van der Waals surface area contributed by atoms with E-state index in [0.717, 1.165) is 13.1 Å². The smallest absolute Gasteiger partial charge is 0.318 e. The van der Waals surface area contributed by atoms with Crippen LogP contribution in [0.2, 0.25) is 5.02 Å². The summed E-state index contributed by atoms with van der Waals surface area (Å²) in [4.78, 5) is 10.3. The van der Waals surface area contributed by atoms with Gasteiger partial charge < -0.3 is 15.0 Å². The van der Waals surface area contributed by atoms with E-state index >= 15 is 0 Å². The number of rotatable bonds is 4. The van der Waals surface area contributed by atoms with Crippen molar-refractivity contribution in [1.29, 1.82) is 0 Å². The first kappa shape index (κ1) is 12.4. The van der Waals surface area contributed by atoms with E-state index in [9.17, 15) is 0 Å². The first-order chi connectivity index (χ1) is 8.20.